The van der Waals surface area contributed by atoms with Crippen LogP contribution in [0, 0.1) is 0 Å². The Bertz CT molecular complexity index is 773. The van der Waals surface area contributed by atoms with Crippen molar-refractivity contribution in [2.45, 2.75) is 18.9 Å². The summed E-state index contributed by atoms with van der Waals surface area (Å²) in [6.07, 6.45) is 4.05. The number of fused-ring (bicyclic) bond motifs is 1. The summed E-state index contributed by atoms with van der Waals surface area (Å²) in [6.45, 7) is 1.95. The van der Waals surface area contributed by atoms with Crippen molar-refractivity contribution >= 4 is 32.0 Å². The first-order valence-corrected chi connectivity index (χ1v) is 8.32. The number of nitrogens with zero attached hydrogens (tertiary/aromatic N) is 1. The van der Waals surface area contributed by atoms with Crippen LogP contribution in [0.5, 0.6) is 0 Å². The average Bonchev–Trinajstić information content (AvgIpc) is 2.68. The molecule has 1 aliphatic rings. The molecule has 0 saturated carbocycles. The van der Waals surface area contributed by atoms with Gasteiger partial charge in [-0.25, -0.2) is 8.42 Å². The molecule has 2 aromatic rings. The van der Waals surface area contributed by atoms with Crippen LogP contribution < -0.4 is 11.1 Å². The molecule has 1 aromatic heterocycles. The molecular formula is C14H17N3O2S. The fourth-order valence-corrected chi connectivity index (χ4v) is 4.85. The van der Waals surface area contributed by atoms with Gasteiger partial charge in [0.1, 0.15) is 0 Å². The average molecular weight is 291 g/mol. The fraction of sp³-hybridized carbons (Fsp3) is 0.357. The van der Waals surface area contributed by atoms with Crippen LogP contribution in [0.4, 0.5) is 11.4 Å². The third-order valence-corrected chi connectivity index (χ3v) is 5.69. The van der Waals surface area contributed by atoms with Crippen LogP contribution >= 0.6 is 0 Å². The maximum atomic E-state index is 11.7. The van der Waals surface area contributed by atoms with E-state index in [1.54, 1.807) is 12.4 Å². The highest BCUT2D eigenvalue weighted by atomic mass is 32.2. The second-order valence-electron chi connectivity index (χ2n) is 5.65. The van der Waals surface area contributed by atoms with Crippen molar-refractivity contribution < 1.29 is 8.42 Å². The second-order valence-corrected chi connectivity index (χ2v) is 7.84. The third kappa shape index (κ3) is 2.31. The minimum atomic E-state index is -2.93. The minimum absolute atomic E-state index is 0.164. The fourth-order valence-electron chi connectivity index (χ4n) is 2.76. The standard InChI is InChI=1S/C14H17N3O2S/c1-14(5-7-20(18,19)9-14)17-13-3-2-12(15)11-8-16-6-4-10(11)13/h2-4,6,8,17H,5,7,9,15H2,1H3. The molecule has 1 atom stereocenters. The van der Waals surface area contributed by atoms with Crippen LogP contribution in [-0.4, -0.2) is 30.4 Å². The summed E-state index contributed by atoms with van der Waals surface area (Å²) in [5.74, 6) is 0.405. The summed E-state index contributed by atoms with van der Waals surface area (Å²) in [4.78, 5) is 4.08. The number of rotatable bonds is 2. The van der Waals surface area contributed by atoms with Gasteiger partial charge in [0, 0.05) is 40.1 Å². The van der Waals surface area contributed by atoms with E-state index in [-0.39, 0.29) is 11.5 Å². The summed E-state index contributed by atoms with van der Waals surface area (Å²) in [5.41, 5.74) is 7.09. The second kappa shape index (κ2) is 4.34. The molecule has 1 unspecified atom stereocenters. The van der Waals surface area contributed by atoms with Gasteiger partial charge in [-0.05, 0) is 31.5 Å². The van der Waals surface area contributed by atoms with E-state index in [1.165, 1.54) is 0 Å². The Morgan fingerprint density at radius 2 is 2.10 bits per heavy atom. The zero-order valence-electron chi connectivity index (χ0n) is 11.3. The molecule has 1 aromatic carbocycles. The van der Waals surface area contributed by atoms with Gasteiger partial charge in [-0.2, -0.15) is 0 Å². The monoisotopic (exact) mass is 291 g/mol. The first-order chi connectivity index (χ1) is 9.39. The molecule has 5 nitrogen and oxygen atoms in total. The van der Waals surface area contributed by atoms with Gasteiger partial charge in [-0.15, -0.1) is 0 Å². The highest BCUT2D eigenvalue weighted by Crippen LogP contribution is 2.33. The van der Waals surface area contributed by atoms with Gasteiger partial charge < -0.3 is 11.1 Å². The van der Waals surface area contributed by atoms with Crippen LogP contribution in [0.15, 0.2) is 30.6 Å². The third-order valence-electron chi connectivity index (χ3n) is 3.79. The molecule has 6 heteroatoms. The minimum Gasteiger partial charge on any atom is -0.398 e. The van der Waals surface area contributed by atoms with Crippen LogP contribution in [0.25, 0.3) is 10.8 Å². The molecule has 0 aliphatic carbocycles. The predicted molar refractivity (Wildman–Crippen MR) is 81.5 cm³/mol. The van der Waals surface area contributed by atoms with Gasteiger partial charge in [0.15, 0.2) is 9.84 Å². The van der Waals surface area contributed by atoms with E-state index in [4.69, 9.17) is 5.73 Å². The molecule has 3 N–H and O–H groups in total. The number of hydrogen-bond donors (Lipinski definition) is 2. The van der Waals surface area contributed by atoms with Gasteiger partial charge >= 0.3 is 0 Å². The maximum absolute atomic E-state index is 11.7. The SMILES string of the molecule is CC1(Nc2ccc(N)c3cnccc23)CCS(=O)(=O)C1. The topological polar surface area (TPSA) is 85.1 Å². The van der Waals surface area contributed by atoms with Crippen molar-refractivity contribution in [1.82, 2.24) is 4.98 Å². The van der Waals surface area contributed by atoms with E-state index in [0.717, 1.165) is 16.5 Å². The maximum Gasteiger partial charge on any atom is 0.152 e. The number of benzene rings is 1. The molecule has 2 heterocycles. The van der Waals surface area contributed by atoms with Crippen molar-refractivity contribution in [2.24, 2.45) is 0 Å². The number of hydrogen-bond acceptors (Lipinski definition) is 5. The number of aromatic nitrogens is 1. The van der Waals surface area contributed by atoms with E-state index >= 15 is 0 Å². The van der Waals surface area contributed by atoms with Crippen molar-refractivity contribution in [3.05, 3.63) is 30.6 Å². The Morgan fingerprint density at radius 3 is 2.80 bits per heavy atom. The zero-order valence-corrected chi connectivity index (χ0v) is 12.1. The van der Waals surface area contributed by atoms with Gasteiger partial charge in [0.25, 0.3) is 0 Å². The van der Waals surface area contributed by atoms with E-state index in [0.29, 0.717) is 12.1 Å². The lowest BCUT2D eigenvalue weighted by molar-refractivity contribution is 0.574. The molecule has 1 fully saturated rings. The largest absolute Gasteiger partial charge is 0.398 e. The Hall–Kier alpha value is -1.82. The van der Waals surface area contributed by atoms with Crippen LogP contribution in [-0.2, 0) is 9.84 Å². The van der Waals surface area contributed by atoms with Crippen LogP contribution in [0.2, 0.25) is 0 Å². The molecule has 3 rings (SSSR count). The first kappa shape index (κ1) is 13.2. The molecule has 20 heavy (non-hydrogen) atoms. The number of nitrogens with one attached hydrogen (secondary N) is 1. The first-order valence-electron chi connectivity index (χ1n) is 6.49. The van der Waals surface area contributed by atoms with E-state index in [1.807, 2.05) is 25.1 Å². The highest BCUT2D eigenvalue weighted by Gasteiger charge is 2.38. The Balaban J connectivity index is 2.02. The smallest absolute Gasteiger partial charge is 0.152 e. The summed E-state index contributed by atoms with van der Waals surface area (Å²) in [7, 11) is -2.93. The number of sulfone groups is 1. The van der Waals surface area contributed by atoms with Crippen molar-refractivity contribution in [1.29, 1.82) is 0 Å². The zero-order chi connectivity index (χ0) is 14.4. The Labute approximate surface area is 118 Å². The number of anilines is 2. The summed E-state index contributed by atoms with van der Waals surface area (Å²) >= 11 is 0. The van der Waals surface area contributed by atoms with E-state index in [9.17, 15) is 8.42 Å². The molecule has 106 valence electrons. The van der Waals surface area contributed by atoms with Gasteiger partial charge in [0.2, 0.25) is 0 Å². The molecule has 1 aliphatic heterocycles. The summed E-state index contributed by atoms with van der Waals surface area (Å²) < 4.78 is 23.4. The normalized spacial score (nSPS) is 24.9. The lowest BCUT2D eigenvalue weighted by Crippen LogP contribution is -2.35. The Kier molecular flexibility index (Phi) is 2.86. The summed E-state index contributed by atoms with van der Waals surface area (Å²) in [5, 5.41) is 5.22. The molecule has 0 radical (unpaired) electrons. The van der Waals surface area contributed by atoms with Crippen LogP contribution in [0.1, 0.15) is 13.3 Å². The quantitative estimate of drug-likeness (QED) is 0.824. The summed E-state index contributed by atoms with van der Waals surface area (Å²) in [6, 6.07) is 5.61. The predicted octanol–water partition coefficient (Wildman–Crippen LogP) is 1.81. The van der Waals surface area contributed by atoms with Crippen molar-refractivity contribution in [3.63, 3.8) is 0 Å². The number of pyridine rings is 1. The Morgan fingerprint density at radius 1 is 1.30 bits per heavy atom. The van der Waals surface area contributed by atoms with E-state index < -0.39 is 15.4 Å². The molecule has 0 spiro atoms. The van der Waals surface area contributed by atoms with Crippen LogP contribution in [0.3, 0.4) is 0 Å². The molecule has 0 amide bonds. The van der Waals surface area contributed by atoms with Crippen molar-refractivity contribution in [2.75, 3.05) is 22.6 Å². The molecular weight excluding hydrogens is 274 g/mol. The lowest BCUT2D eigenvalue weighted by atomic mass is 10.00. The van der Waals surface area contributed by atoms with E-state index in [2.05, 4.69) is 10.3 Å². The van der Waals surface area contributed by atoms with Crippen molar-refractivity contribution in [3.8, 4) is 0 Å². The highest BCUT2D eigenvalue weighted by molar-refractivity contribution is 7.91. The van der Waals surface area contributed by atoms with Gasteiger partial charge in [-0.1, -0.05) is 0 Å². The molecule has 1 saturated heterocycles. The van der Waals surface area contributed by atoms with Gasteiger partial charge in [-0.3, -0.25) is 4.98 Å². The molecule has 0 bridgehead atoms. The number of nitrogen functional groups attached to an aromatic ring is 1. The van der Waals surface area contributed by atoms with Gasteiger partial charge in [0.05, 0.1) is 11.5 Å². The number of nitrogens with two attached hydrogens (primary N) is 1. The lowest BCUT2D eigenvalue weighted by Gasteiger charge is -2.26.